The average molecular weight is 275 g/mol. The second kappa shape index (κ2) is 4.96. The molecule has 20 heavy (non-hydrogen) atoms. The number of carbonyl (C=O) groups is 1. The number of halogens is 1. The molecule has 0 bridgehead atoms. The maximum Gasteiger partial charge on any atom is 0.328 e. The van der Waals surface area contributed by atoms with Gasteiger partial charge >= 0.3 is 5.97 Å². The van der Waals surface area contributed by atoms with Gasteiger partial charge in [-0.25, -0.2) is 13.9 Å². The normalized spacial score (nSPS) is 17.2. The minimum Gasteiger partial charge on any atom is -0.467 e. The first-order valence-electron chi connectivity index (χ1n) is 6.36. The predicted octanol–water partition coefficient (Wildman–Crippen LogP) is 1.91. The molecule has 0 radical (unpaired) electrons. The molecule has 0 amide bonds. The SMILES string of the molecule is COC(=O)C1CCc2c(cnn2-c2ccc(F)cc2)N1. The smallest absolute Gasteiger partial charge is 0.328 e. The van der Waals surface area contributed by atoms with Crippen LogP contribution in [-0.2, 0) is 16.0 Å². The van der Waals surface area contributed by atoms with Crippen LogP contribution in [0.1, 0.15) is 12.1 Å². The number of benzene rings is 1. The predicted molar refractivity (Wildman–Crippen MR) is 71.3 cm³/mol. The Morgan fingerprint density at radius 2 is 2.20 bits per heavy atom. The Bertz CT molecular complexity index is 636. The summed E-state index contributed by atoms with van der Waals surface area (Å²) in [6, 6.07) is 5.82. The van der Waals surface area contributed by atoms with Crippen molar-refractivity contribution in [3.8, 4) is 5.69 Å². The summed E-state index contributed by atoms with van der Waals surface area (Å²) < 4.78 is 19.5. The number of nitrogens with zero attached hydrogens (tertiary/aromatic N) is 2. The number of ether oxygens (including phenoxy) is 1. The second-order valence-corrected chi connectivity index (χ2v) is 4.65. The number of anilines is 1. The molecule has 0 spiro atoms. The van der Waals surface area contributed by atoms with Gasteiger partial charge in [0.1, 0.15) is 11.9 Å². The fourth-order valence-electron chi connectivity index (χ4n) is 2.40. The number of aromatic nitrogens is 2. The summed E-state index contributed by atoms with van der Waals surface area (Å²) in [5, 5.41) is 7.41. The van der Waals surface area contributed by atoms with Crippen LogP contribution < -0.4 is 5.32 Å². The van der Waals surface area contributed by atoms with Gasteiger partial charge in [-0.15, -0.1) is 0 Å². The van der Waals surface area contributed by atoms with Crippen molar-refractivity contribution in [1.29, 1.82) is 0 Å². The molecule has 3 rings (SSSR count). The molecule has 104 valence electrons. The summed E-state index contributed by atoms with van der Waals surface area (Å²) in [5.41, 5.74) is 2.60. The third-order valence-electron chi connectivity index (χ3n) is 3.43. The van der Waals surface area contributed by atoms with E-state index in [4.69, 9.17) is 4.74 Å². The van der Waals surface area contributed by atoms with E-state index in [9.17, 15) is 9.18 Å². The Balaban J connectivity index is 1.90. The Labute approximate surface area is 115 Å². The standard InChI is InChI=1S/C14H14FN3O2/c1-20-14(19)11-6-7-13-12(17-11)8-16-18(13)10-4-2-9(15)3-5-10/h2-5,8,11,17H,6-7H2,1H3. The topological polar surface area (TPSA) is 56.1 Å². The number of hydrogen-bond donors (Lipinski definition) is 1. The van der Waals surface area contributed by atoms with Crippen LogP contribution in [-0.4, -0.2) is 28.9 Å². The van der Waals surface area contributed by atoms with Crippen molar-refractivity contribution >= 4 is 11.7 Å². The van der Waals surface area contributed by atoms with Crippen molar-refractivity contribution in [2.45, 2.75) is 18.9 Å². The molecule has 1 aromatic carbocycles. The lowest BCUT2D eigenvalue weighted by Crippen LogP contribution is -2.34. The van der Waals surface area contributed by atoms with Gasteiger partial charge in [-0.2, -0.15) is 5.10 Å². The van der Waals surface area contributed by atoms with Gasteiger partial charge in [0.25, 0.3) is 0 Å². The minimum atomic E-state index is -0.335. The molecular formula is C14H14FN3O2. The van der Waals surface area contributed by atoms with Gasteiger partial charge in [-0.05, 0) is 37.1 Å². The molecule has 0 fully saturated rings. The van der Waals surface area contributed by atoms with E-state index in [1.165, 1.54) is 19.2 Å². The number of esters is 1. The third-order valence-corrected chi connectivity index (χ3v) is 3.43. The highest BCUT2D eigenvalue weighted by atomic mass is 19.1. The largest absolute Gasteiger partial charge is 0.467 e. The van der Waals surface area contributed by atoms with E-state index in [1.54, 1.807) is 23.0 Å². The van der Waals surface area contributed by atoms with Gasteiger partial charge in [0, 0.05) is 0 Å². The van der Waals surface area contributed by atoms with Crippen LogP contribution >= 0.6 is 0 Å². The van der Waals surface area contributed by atoms with Crippen LogP contribution in [0.5, 0.6) is 0 Å². The van der Waals surface area contributed by atoms with Gasteiger partial charge in [-0.1, -0.05) is 0 Å². The van der Waals surface area contributed by atoms with E-state index in [2.05, 4.69) is 10.4 Å². The Morgan fingerprint density at radius 3 is 2.90 bits per heavy atom. The van der Waals surface area contributed by atoms with Crippen LogP contribution in [0.2, 0.25) is 0 Å². The molecule has 1 N–H and O–H groups in total. The lowest BCUT2D eigenvalue weighted by Gasteiger charge is -2.23. The molecule has 1 aliphatic rings. The van der Waals surface area contributed by atoms with Gasteiger partial charge in [-0.3, -0.25) is 0 Å². The van der Waals surface area contributed by atoms with Crippen molar-refractivity contribution in [3.63, 3.8) is 0 Å². The molecule has 0 saturated heterocycles. The van der Waals surface area contributed by atoms with Crippen molar-refractivity contribution in [1.82, 2.24) is 9.78 Å². The maximum absolute atomic E-state index is 13.0. The average Bonchev–Trinajstić information content (AvgIpc) is 2.90. The summed E-state index contributed by atoms with van der Waals surface area (Å²) in [5.74, 6) is -0.552. The molecule has 1 aromatic heterocycles. The van der Waals surface area contributed by atoms with Crippen molar-refractivity contribution in [2.24, 2.45) is 0 Å². The van der Waals surface area contributed by atoms with Crippen LogP contribution in [0.15, 0.2) is 30.5 Å². The summed E-state index contributed by atoms with van der Waals surface area (Å²) >= 11 is 0. The Morgan fingerprint density at radius 1 is 1.45 bits per heavy atom. The lowest BCUT2D eigenvalue weighted by molar-refractivity contribution is -0.141. The molecule has 0 saturated carbocycles. The maximum atomic E-state index is 13.0. The number of methoxy groups -OCH3 is 1. The highest BCUT2D eigenvalue weighted by Crippen LogP contribution is 2.27. The zero-order valence-corrected chi connectivity index (χ0v) is 11.0. The molecule has 1 atom stereocenters. The number of carbonyl (C=O) groups excluding carboxylic acids is 1. The van der Waals surface area contributed by atoms with E-state index in [-0.39, 0.29) is 17.8 Å². The molecule has 2 aromatic rings. The molecule has 1 unspecified atom stereocenters. The molecule has 5 nitrogen and oxygen atoms in total. The van der Waals surface area contributed by atoms with Gasteiger partial charge in [0.05, 0.1) is 30.4 Å². The lowest BCUT2D eigenvalue weighted by atomic mass is 10.0. The molecule has 1 aliphatic heterocycles. The van der Waals surface area contributed by atoms with Crippen molar-refractivity contribution in [2.75, 3.05) is 12.4 Å². The van der Waals surface area contributed by atoms with E-state index < -0.39 is 0 Å². The molecule has 0 aliphatic carbocycles. The highest BCUT2D eigenvalue weighted by molar-refractivity contribution is 5.80. The molecular weight excluding hydrogens is 261 g/mol. The Hall–Kier alpha value is -2.37. The van der Waals surface area contributed by atoms with Crippen LogP contribution in [0, 0.1) is 5.82 Å². The fourth-order valence-corrected chi connectivity index (χ4v) is 2.40. The number of fused-ring (bicyclic) bond motifs is 1. The van der Waals surface area contributed by atoms with Gasteiger partial charge in [0.15, 0.2) is 0 Å². The third kappa shape index (κ3) is 2.13. The van der Waals surface area contributed by atoms with Gasteiger partial charge in [0.2, 0.25) is 0 Å². The van der Waals surface area contributed by atoms with Crippen LogP contribution in [0.25, 0.3) is 5.69 Å². The molecule has 6 heteroatoms. The van der Waals surface area contributed by atoms with Gasteiger partial charge < -0.3 is 10.1 Å². The van der Waals surface area contributed by atoms with Crippen molar-refractivity contribution < 1.29 is 13.9 Å². The van der Waals surface area contributed by atoms with E-state index >= 15 is 0 Å². The second-order valence-electron chi connectivity index (χ2n) is 4.65. The number of rotatable bonds is 2. The summed E-state index contributed by atoms with van der Waals surface area (Å²) in [4.78, 5) is 11.5. The first-order valence-corrected chi connectivity index (χ1v) is 6.36. The number of nitrogens with one attached hydrogen (secondary N) is 1. The zero-order valence-electron chi connectivity index (χ0n) is 11.0. The summed E-state index contributed by atoms with van der Waals surface area (Å²) in [6.45, 7) is 0. The first-order chi connectivity index (χ1) is 9.69. The van der Waals surface area contributed by atoms with E-state index in [0.29, 0.717) is 12.8 Å². The number of hydrogen-bond acceptors (Lipinski definition) is 4. The van der Waals surface area contributed by atoms with E-state index in [0.717, 1.165) is 17.1 Å². The van der Waals surface area contributed by atoms with Crippen molar-refractivity contribution in [3.05, 3.63) is 42.0 Å². The van der Waals surface area contributed by atoms with Crippen LogP contribution in [0.4, 0.5) is 10.1 Å². The summed E-state index contributed by atoms with van der Waals surface area (Å²) in [7, 11) is 1.38. The van der Waals surface area contributed by atoms with Crippen LogP contribution in [0.3, 0.4) is 0 Å². The minimum absolute atomic E-state index is 0.273. The monoisotopic (exact) mass is 275 g/mol. The zero-order chi connectivity index (χ0) is 14.1. The van der Waals surface area contributed by atoms with E-state index in [1.807, 2.05) is 0 Å². The summed E-state index contributed by atoms with van der Waals surface area (Å²) in [6.07, 6.45) is 3.03. The molecule has 2 heterocycles. The highest BCUT2D eigenvalue weighted by Gasteiger charge is 2.27. The Kier molecular flexibility index (Phi) is 3.14. The fraction of sp³-hybridized carbons (Fsp3) is 0.286. The first kappa shape index (κ1) is 12.7. The quantitative estimate of drug-likeness (QED) is 0.851.